The zero-order valence-electron chi connectivity index (χ0n) is 19.7. The Morgan fingerprint density at radius 1 is 1.14 bits per heavy atom. The number of hydrogen-bond acceptors (Lipinski definition) is 4. The van der Waals surface area contributed by atoms with Crippen LogP contribution in [0.1, 0.15) is 34.1 Å². The second-order valence-corrected chi connectivity index (χ2v) is 10.4. The van der Waals surface area contributed by atoms with Crippen LogP contribution >= 0.6 is 22.9 Å². The Morgan fingerprint density at radius 2 is 1.91 bits per heavy atom. The van der Waals surface area contributed by atoms with Crippen LogP contribution in [0.4, 0.5) is 5.69 Å². The number of thiophene rings is 1. The molecular formula is C27H25ClN4O2S. The molecule has 35 heavy (non-hydrogen) atoms. The summed E-state index contributed by atoms with van der Waals surface area (Å²) in [4.78, 5) is 30.3. The predicted octanol–water partition coefficient (Wildman–Crippen LogP) is 5.62. The molecule has 1 aliphatic rings. The van der Waals surface area contributed by atoms with Gasteiger partial charge in [0, 0.05) is 17.3 Å². The summed E-state index contributed by atoms with van der Waals surface area (Å²) in [6, 6.07) is 18.9. The Hall–Kier alpha value is -3.42. The average Bonchev–Trinajstić information content (AvgIpc) is 3.51. The van der Waals surface area contributed by atoms with Gasteiger partial charge in [0.15, 0.2) is 0 Å². The molecule has 1 unspecified atom stereocenters. The van der Waals surface area contributed by atoms with Crippen molar-refractivity contribution < 1.29 is 9.59 Å². The fraction of sp³-hybridized carbons (Fsp3) is 0.222. The summed E-state index contributed by atoms with van der Waals surface area (Å²) < 4.78 is 1.67. The molecule has 0 aliphatic carbocycles. The van der Waals surface area contributed by atoms with Crippen LogP contribution in [0, 0.1) is 13.8 Å². The summed E-state index contributed by atoms with van der Waals surface area (Å²) in [5.41, 5.74) is 3.68. The number of anilines is 1. The Morgan fingerprint density at radius 3 is 2.63 bits per heavy atom. The number of fused-ring (bicyclic) bond motifs is 1. The third-order valence-electron chi connectivity index (χ3n) is 6.60. The highest BCUT2D eigenvalue weighted by molar-refractivity contribution is 7.13. The lowest BCUT2D eigenvalue weighted by Gasteiger charge is -2.43. The molecule has 2 aromatic carbocycles. The molecule has 0 radical (unpaired) electrons. The first-order valence-electron chi connectivity index (χ1n) is 11.3. The van der Waals surface area contributed by atoms with E-state index in [2.05, 4.69) is 5.32 Å². The number of amides is 2. The van der Waals surface area contributed by atoms with E-state index in [-0.39, 0.29) is 18.4 Å². The zero-order chi connectivity index (χ0) is 24.7. The van der Waals surface area contributed by atoms with Gasteiger partial charge in [-0.2, -0.15) is 5.10 Å². The van der Waals surface area contributed by atoms with Gasteiger partial charge >= 0.3 is 0 Å². The van der Waals surface area contributed by atoms with Gasteiger partial charge in [-0.05, 0) is 73.2 Å². The van der Waals surface area contributed by atoms with E-state index in [4.69, 9.17) is 16.7 Å². The van der Waals surface area contributed by atoms with Crippen LogP contribution in [0.5, 0.6) is 0 Å². The smallest absolute Gasteiger partial charge is 0.277 e. The summed E-state index contributed by atoms with van der Waals surface area (Å²) >= 11 is 7.56. The van der Waals surface area contributed by atoms with E-state index in [9.17, 15) is 9.59 Å². The minimum Gasteiger partial charge on any atom is -0.350 e. The Balaban J connectivity index is 1.56. The average molecular weight is 505 g/mol. The number of nitrogens with one attached hydrogen (secondary N) is 1. The lowest BCUT2D eigenvalue weighted by Crippen LogP contribution is -2.64. The summed E-state index contributed by atoms with van der Waals surface area (Å²) in [6.07, 6.45) is 0. The van der Waals surface area contributed by atoms with Gasteiger partial charge in [0.25, 0.3) is 5.91 Å². The number of rotatable bonds is 5. The first kappa shape index (κ1) is 23.3. The molecule has 3 heterocycles. The van der Waals surface area contributed by atoms with Crippen molar-refractivity contribution >= 4 is 40.4 Å². The molecule has 0 spiro atoms. The van der Waals surface area contributed by atoms with Crippen molar-refractivity contribution in [2.75, 3.05) is 4.90 Å². The summed E-state index contributed by atoms with van der Waals surface area (Å²) in [5, 5.41) is 10.4. The molecule has 1 atom stereocenters. The molecule has 2 aromatic heterocycles. The third kappa shape index (κ3) is 4.15. The molecule has 4 aromatic rings. The lowest BCUT2D eigenvalue weighted by molar-refractivity contribution is -0.126. The molecule has 178 valence electrons. The number of aromatic nitrogens is 2. The molecule has 8 heteroatoms. The summed E-state index contributed by atoms with van der Waals surface area (Å²) in [6.45, 7) is 6.35. The number of carbonyl (C=O) groups excluding carboxylic acids is 2. The largest absolute Gasteiger partial charge is 0.350 e. The van der Waals surface area contributed by atoms with Gasteiger partial charge in [-0.3, -0.25) is 19.2 Å². The number of aryl methyl sites for hydroxylation is 1. The van der Waals surface area contributed by atoms with Crippen LogP contribution in [0.2, 0.25) is 5.02 Å². The minimum absolute atomic E-state index is 0.235. The van der Waals surface area contributed by atoms with Crippen LogP contribution in [0.3, 0.4) is 0 Å². The van der Waals surface area contributed by atoms with E-state index in [1.54, 1.807) is 40.0 Å². The van der Waals surface area contributed by atoms with Gasteiger partial charge in [0.1, 0.15) is 16.9 Å². The number of nitrogens with zero attached hydrogens (tertiary/aromatic N) is 3. The molecule has 0 bridgehead atoms. The van der Waals surface area contributed by atoms with E-state index >= 15 is 0 Å². The van der Waals surface area contributed by atoms with Crippen molar-refractivity contribution in [3.63, 3.8) is 0 Å². The van der Waals surface area contributed by atoms with E-state index in [1.807, 2.05) is 67.8 Å². The quantitative estimate of drug-likeness (QED) is 0.383. The second kappa shape index (κ2) is 8.98. The van der Waals surface area contributed by atoms with E-state index in [0.29, 0.717) is 17.3 Å². The molecule has 5 rings (SSSR count). The van der Waals surface area contributed by atoms with E-state index in [1.165, 1.54) is 0 Å². The van der Waals surface area contributed by atoms with Gasteiger partial charge in [0.05, 0.1) is 11.4 Å². The SMILES string of the molecule is Cc1cccc(N2C(=O)c3cc(-c4cccs4)nn3CC2(C)C(=O)NCc2ccc(Cl)cc2)c1C. The van der Waals surface area contributed by atoms with Gasteiger partial charge in [-0.1, -0.05) is 41.9 Å². The van der Waals surface area contributed by atoms with Crippen LogP contribution in [0.15, 0.2) is 66.0 Å². The monoisotopic (exact) mass is 504 g/mol. The fourth-order valence-electron chi connectivity index (χ4n) is 4.46. The second-order valence-electron chi connectivity index (χ2n) is 8.99. The van der Waals surface area contributed by atoms with Crippen LogP contribution in [0.25, 0.3) is 10.6 Å². The first-order chi connectivity index (χ1) is 16.8. The molecule has 6 nitrogen and oxygen atoms in total. The number of hydrogen-bond donors (Lipinski definition) is 1. The van der Waals surface area contributed by atoms with Crippen molar-refractivity contribution in [3.05, 3.63) is 93.5 Å². The zero-order valence-corrected chi connectivity index (χ0v) is 21.3. The van der Waals surface area contributed by atoms with Crippen molar-refractivity contribution in [1.29, 1.82) is 0 Å². The standard InChI is InChI=1S/C27H25ClN4O2S/c1-17-6-4-7-22(18(17)2)32-25(33)23-14-21(24-8-5-13-35-24)30-31(23)16-27(32,3)26(34)29-15-19-9-11-20(28)12-10-19/h4-14H,15-16H2,1-3H3,(H,29,34). The highest BCUT2D eigenvalue weighted by atomic mass is 35.5. The van der Waals surface area contributed by atoms with Gasteiger partial charge < -0.3 is 5.32 Å². The number of carbonyl (C=O) groups is 2. The van der Waals surface area contributed by atoms with Gasteiger partial charge in [-0.15, -0.1) is 11.3 Å². The lowest BCUT2D eigenvalue weighted by atomic mass is 9.92. The third-order valence-corrected chi connectivity index (χ3v) is 7.74. The molecule has 0 fully saturated rings. The van der Waals surface area contributed by atoms with Gasteiger partial charge in [0.2, 0.25) is 5.91 Å². The highest BCUT2D eigenvalue weighted by Gasteiger charge is 2.49. The first-order valence-corrected chi connectivity index (χ1v) is 12.6. The highest BCUT2D eigenvalue weighted by Crippen LogP contribution is 2.37. The number of halogens is 1. The van der Waals surface area contributed by atoms with Crippen LogP contribution < -0.4 is 10.2 Å². The molecule has 2 amide bonds. The molecule has 1 N–H and O–H groups in total. The van der Waals surface area contributed by atoms with Crippen molar-refractivity contribution in [1.82, 2.24) is 15.1 Å². The van der Waals surface area contributed by atoms with Gasteiger partial charge in [-0.25, -0.2) is 0 Å². The van der Waals surface area contributed by atoms with Crippen LogP contribution in [-0.4, -0.2) is 27.1 Å². The molecule has 0 saturated carbocycles. The Kier molecular flexibility index (Phi) is 5.99. The Bertz CT molecular complexity index is 1410. The molecular weight excluding hydrogens is 480 g/mol. The normalized spacial score (nSPS) is 17.4. The van der Waals surface area contributed by atoms with Crippen molar-refractivity contribution in [2.24, 2.45) is 0 Å². The van der Waals surface area contributed by atoms with Crippen molar-refractivity contribution in [2.45, 2.75) is 39.4 Å². The minimum atomic E-state index is -1.19. The fourth-order valence-corrected chi connectivity index (χ4v) is 5.26. The van der Waals surface area contributed by atoms with Crippen LogP contribution in [-0.2, 0) is 17.9 Å². The summed E-state index contributed by atoms with van der Waals surface area (Å²) in [5.74, 6) is -0.495. The molecule has 1 aliphatic heterocycles. The maximum atomic E-state index is 14.0. The topological polar surface area (TPSA) is 67.2 Å². The Labute approximate surface area is 213 Å². The predicted molar refractivity (Wildman–Crippen MR) is 140 cm³/mol. The van der Waals surface area contributed by atoms with E-state index < -0.39 is 5.54 Å². The number of benzene rings is 2. The molecule has 0 saturated heterocycles. The maximum absolute atomic E-state index is 14.0. The maximum Gasteiger partial charge on any atom is 0.277 e. The summed E-state index contributed by atoms with van der Waals surface area (Å²) in [7, 11) is 0. The van der Waals surface area contributed by atoms with Crippen molar-refractivity contribution in [3.8, 4) is 10.6 Å². The van der Waals surface area contributed by atoms with E-state index in [0.717, 1.165) is 32.9 Å².